The summed E-state index contributed by atoms with van der Waals surface area (Å²) >= 11 is 0. The zero-order valence-corrected chi connectivity index (χ0v) is 16.0. The predicted molar refractivity (Wildman–Crippen MR) is 102 cm³/mol. The minimum absolute atomic E-state index is 0. The first kappa shape index (κ1) is 21.2. The Labute approximate surface area is 156 Å². The Bertz CT molecular complexity index is 511. The van der Waals surface area contributed by atoms with Crippen LogP contribution in [0, 0.1) is 11.8 Å². The quantitative estimate of drug-likeness (QED) is 0.834. The molecular weight excluding hydrogens is 349 g/mol. The molecule has 3 rings (SSSR count). The van der Waals surface area contributed by atoms with Crippen LogP contribution in [0.4, 0.5) is 11.6 Å². The monoisotopic (exact) mass is 377 g/mol. The fourth-order valence-electron chi connectivity index (χ4n) is 3.52. The molecule has 1 aromatic heterocycles. The van der Waals surface area contributed by atoms with Gasteiger partial charge in [0.2, 0.25) is 0 Å². The number of anilines is 2. The van der Waals surface area contributed by atoms with Crippen LogP contribution in [-0.4, -0.2) is 53.4 Å². The summed E-state index contributed by atoms with van der Waals surface area (Å²) in [6.45, 7) is 8.00. The SMILES string of the molecule is CC(C)[C@H]1CN(c2cc(N3CCC(O)CC3)ncn2)C[C@@H]1N.Cl.Cl. The Balaban J connectivity index is 0.00000144. The summed E-state index contributed by atoms with van der Waals surface area (Å²) in [5, 5.41) is 9.63. The van der Waals surface area contributed by atoms with Crippen LogP contribution in [0.5, 0.6) is 0 Å². The van der Waals surface area contributed by atoms with Gasteiger partial charge in [-0.05, 0) is 24.7 Å². The van der Waals surface area contributed by atoms with Crippen molar-refractivity contribution >= 4 is 36.4 Å². The number of aromatic nitrogens is 2. The van der Waals surface area contributed by atoms with Crippen molar-refractivity contribution in [3.63, 3.8) is 0 Å². The van der Waals surface area contributed by atoms with Crippen molar-refractivity contribution in [3.8, 4) is 0 Å². The van der Waals surface area contributed by atoms with Crippen molar-refractivity contribution in [1.29, 1.82) is 0 Å². The molecule has 2 saturated heterocycles. The molecule has 0 saturated carbocycles. The lowest BCUT2D eigenvalue weighted by Crippen LogP contribution is -2.36. The maximum absolute atomic E-state index is 9.63. The molecule has 1 aromatic rings. The standard InChI is InChI=1S/C16H27N5O.2ClH/c1-11(2)13-8-21(9-14(13)17)16-7-15(18-10-19-16)20-5-3-12(22)4-6-20;;/h7,10-14,22H,3-6,8-9,17H2,1-2H3;2*1H/t13-,14+;;/m1../s1. The van der Waals surface area contributed by atoms with Crippen LogP contribution >= 0.6 is 24.8 Å². The van der Waals surface area contributed by atoms with Gasteiger partial charge < -0.3 is 20.6 Å². The second-order valence-corrected chi connectivity index (χ2v) is 6.93. The molecule has 24 heavy (non-hydrogen) atoms. The number of aliphatic hydroxyl groups excluding tert-OH is 1. The molecule has 138 valence electrons. The number of halogens is 2. The summed E-state index contributed by atoms with van der Waals surface area (Å²) in [7, 11) is 0. The lowest BCUT2D eigenvalue weighted by atomic mass is 9.92. The van der Waals surface area contributed by atoms with E-state index in [0.29, 0.717) is 11.8 Å². The highest BCUT2D eigenvalue weighted by molar-refractivity contribution is 5.85. The summed E-state index contributed by atoms with van der Waals surface area (Å²) in [6.07, 6.45) is 3.09. The minimum Gasteiger partial charge on any atom is -0.393 e. The number of hydrogen-bond donors (Lipinski definition) is 2. The second kappa shape index (κ2) is 9.04. The van der Waals surface area contributed by atoms with E-state index < -0.39 is 0 Å². The molecule has 0 bridgehead atoms. The van der Waals surface area contributed by atoms with E-state index in [2.05, 4.69) is 39.7 Å². The van der Waals surface area contributed by atoms with Gasteiger partial charge in [-0.25, -0.2) is 9.97 Å². The van der Waals surface area contributed by atoms with Gasteiger partial charge >= 0.3 is 0 Å². The number of nitrogens with zero attached hydrogens (tertiary/aromatic N) is 4. The van der Waals surface area contributed by atoms with Crippen LogP contribution in [0.3, 0.4) is 0 Å². The van der Waals surface area contributed by atoms with Gasteiger partial charge in [0.25, 0.3) is 0 Å². The number of nitrogens with two attached hydrogens (primary N) is 1. The average molecular weight is 378 g/mol. The topological polar surface area (TPSA) is 78.5 Å². The van der Waals surface area contributed by atoms with E-state index in [9.17, 15) is 5.11 Å². The molecule has 0 radical (unpaired) electrons. The fourth-order valence-corrected chi connectivity index (χ4v) is 3.52. The summed E-state index contributed by atoms with van der Waals surface area (Å²) in [5.74, 6) is 3.03. The third kappa shape index (κ3) is 4.63. The van der Waals surface area contributed by atoms with Gasteiger partial charge in [-0.3, -0.25) is 0 Å². The van der Waals surface area contributed by atoms with Crippen LogP contribution in [-0.2, 0) is 0 Å². The summed E-state index contributed by atoms with van der Waals surface area (Å²) < 4.78 is 0. The van der Waals surface area contributed by atoms with Gasteiger partial charge in [0.1, 0.15) is 18.0 Å². The first-order valence-corrected chi connectivity index (χ1v) is 8.30. The highest BCUT2D eigenvalue weighted by Crippen LogP contribution is 2.28. The Hall–Kier alpha value is -0.820. The first-order valence-electron chi connectivity index (χ1n) is 8.30. The molecule has 8 heteroatoms. The molecule has 2 atom stereocenters. The highest BCUT2D eigenvalue weighted by Gasteiger charge is 2.33. The number of aliphatic hydroxyl groups is 1. The third-order valence-corrected chi connectivity index (χ3v) is 5.02. The molecule has 0 amide bonds. The minimum atomic E-state index is -0.166. The lowest BCUT2D eigenvalue weighted by molar-refractivity contribution is 0.145. The predicted octanol–water partition coefficient (Wildman–Crippen LogP) is 1.70. The zero-order valence-electron chi connectivity index (χ0n) is 14.3. The molecule has 0 aliphatic carbocycles. The first-order chi connectivity index (χ1) is 10.5. The zero-order chi connectivity index (χ0) is 15.7. The van der Waals surface area contributed by atoms with Gasteiger partial charge in [0.15, 0.2) is 0 Å². The van der Waals surface area contributed by atoms with Crippen LogP contribution in [0.25, 0.3) is 0 Å². The van der Waals surface area contributed by atoms with E-state index in [1.54, 1.807) is 6.33 Å². The van der Waals surface area contributed by atoms with Crippen molar-refractivity contribution in [2.45, 2.75) is 38.8 Å². The van der Waals surface area contributed by atoms with Gasteiger partial charge in [-0.2, -0.15) is 0 Å². The Morgan fingerprint density at radius 3 is 2.21 bits per heavy atom. The van der Waals surface area contributed by atoms with E-state index in [0.717, 1.165) is 50.7 Å². The maximum atomic E-state index is 9.63. The van der Waals surface area contributed by atoms with Crippen molar-refractivity contribution in [2.24, 2.45) is 17.6 Å². The molecule has 0 unspecified atom stereocenters. The van der Waals surface area contributed by atoms with E-state index in [1.165, 1.54) is 0 Å². The number of rotatable bonds is 3. The molecule has 3 N–H and O–H groups in total. The van der Waals surface area contributed by atoms with Crippen LogP contribution in [0.15, 0.2) is 12.4 Å². The van der Waals surface area contributed by atoms with E-state index in [4.69, 9.17) is 5.73 Å². The third-order valence-electron chi connectivity index (χ3n) is 5.02. The molecule has 0 spiro atoms. The smallest absolute Gasteiger partial charge is 0.134 e. The van der Waals surface area contributed by atoms with Crippen molar-refractivity contribution in [1.82, 2.24) is 9.97 Å². The van der Waals surface area contributed by atoms with Crippen molar-refractivity contribution in [2.75, 3.05) is 36.0 Å². The number of piperidine rings is 1. The lowest BCUT2D eigenvalue weighted by Gasteiger charge is -2.31. The van der Waals surface area contributed by atoms with Crippen LogP contribution < -0.4 is 15.5 Å². The molecule has 2 fully saturated rings. The van der Waals surface area contributed by atoms with E-state index in [-0.39, 0.29) is 37.0 Å². The molecule has 3 heterocycles. The van der Waals surface area contributed by atoms with Gasteiger partial charge in [-0.15, -0.1) is 24.8 Å². The number of hydrogen-bond acceptors (Lipinski definition) is 6. The summed E-state index contributed by atoms with van der Waals surface area (Å²) in [6, 6.07) is 2.27. The molecule has 6 nitrogen and oxygen atoms in total. The van der Waals surface area contributed by atoms with Crippen molar-refractivity contribution < 1.29 is 5.11 Å². The molecule has 2 aliphatic rings. The normalized spacial score (nSPS) is 24.7. The average Bonchev–Trinajstić information content (AvgIpc) is 2.90. The van der Waals surface area contributed by atoms with E-state index >= 15 is 0 Å². The Kier molecular flexibility index (Phi) is 7.99. The maximum Gasteiger partial charge on any atom is 0.134 e. The summed E-state index contributed by atoms with van der Waals surface area (Å²) in [5.41, 5.74) is 6.28. The Morgan fingerprint density at radius 2 is 1.67 bits per heavy atom. The second-order valence-electron chi connectivity index (χ2n) is 6.93. The largest absolute Gasteiger partial charge is 0.393 e. The van der Waals surface area contributed by atoms with Crippen LogP contribution in [0.2, 0.25) is 0 Å². The van der Waals surface area contributed by atoms with Gasteiger partial charge in [0.05, 0.1) is 6.10 Å². The molecule has 2 aliphatic heterocycles. The van der Waals surface area contributed by atoms with Gasteiger partial charge in [0, 0.05) is 38.3 Å². The fraction of sp³-hybridized carbons (Fsp3) is 0.750. The summed E-state index contributed by atoms with van der Waals surface area (Å²) in [4.78, 5) is 13.4. The molecule has 0 aromatic carbocycles. The molecular formula is C16H29Cl2N5O. The van der Waals surface area contributed by atoms with E-state index in [1.807, 2.05) is 0 Å². The Morgan fingerprint density at radius 1 is 1.08 bits per heavy atom. The highest BCUT2D eigenvalue weighted by atomic mass is 35.5. The van der Waals surface area contributed by atoms with Crippen molar-refractivity contribution in [3.05, 3.63) is 12.4 Å². The van der Waals surface area contributed by atoms with Crippen LogP contribution in [0.1, 0.15) is 26.7 Å². The van der Waals surface area contributed by atoms with Gasteiger partial charge in [-0.1, -0.05) is 13.8 Å².